The third kappa shape index (κ3) is 4.21. The minimum absolute atomic E-state index is 0.0863. The zero-order chi connectivity index (χ0) is 17.8. The van der Waals surface area contributed by atoms with Crippen LogP contribution in [0.2, 0.25) is 0 Å². The van der Waals surface area contributed by atoms with Crippen molar-refractivity contribution in [3.05, 3.63) is 16.0 Å². The topological polar surface area (TPSA) is 98.5 Å². The fraction of sp³-hybridized carbons (Fsp3) is 0.611. The third-order valence-electron chi connectivity index (χ3n) is 4.95. The van der Waals surface area contributed by atoms with Gasteiger partial charge in [0.25, 0.3) is 11.8 Å². The molecule has 0 aliphatic heterocycles. The van der Waals surface area contributed by atoms with E-state index in [0.29, 0.717) is 10.6 Å². The highest BCUT2D eigenvalue weighted by atomic mass is 32.1. The molecular formula is C18H24N2O4S. The summed E-state index contributed by atoms with van der Waals surface area (Å²) >= 11 is 1.41. The van der Waals surface area contributed by atoms with Crippen LogP contribution in [0.25, 0.3) is 0 Å². The van der Waals surface area contributed by atoms with Crippen LogP contribution in [0.5, 0.6) is 0 Å². The van der Waals surface area contributed by atoms with Gasteiger partial charge in [0.05, 0.1) is 11.5 Å². The quantitative estimate of drug-likeness (QED) is 0.785. The highest BCUT2D eigenvalue weighted by Gasteiger charge is 2.26. The molecule has 136 valence electrons. The predicted octanol–water partition coefficient (Wildman–Crippen LogP) is 2.79. The molecule has 3 N–H and O–H groups in total. The van der Waals surface area contributed by atoms with Crippen molar-refractivity contribution in [3.63, 3.8) is 0 Å². The minimum atomic E-state index is -0.520. The summed E-state index contributed by atoms with van der Waals surface area (Å²) in [6, 6.07) is 0. The van der Waals surface area contributed by atoms with E-state index in [4.69, 9.17) is 10.5 Å². The van der Waals surface area contributed by atoms with Gasteiger partial charge in [-0.3, -0.25) is 14.4 Å². The number of ether oxygens (including phenoxy) is 1. The number of rotatable bonds is 5. The molecule has 0 spiro atoms. The normalized spacial score (nSPS) is 17.6. The molecule has 1 saturated carbocycles. The average Bonchev–Trinajstić information content (AvgIpc) is 2.98. The molecule has 3 rings (SSSR count). The van der Waals surface area contributed by atoms with Gasteiger partial charge in [0.15, 0.2) is 6.61 Å². The number of fused-ring (bicyclic) bond motifs is 1. The van der Waals surface area contributed by atoms with Crippen molar-refractivity contribution < 1.29 is 19.1 Å². The Bertz CT molecular complexity index is 677. The SMILES string of the molecule is NC(=O)c1c(NC(=O)COC(=O)C2CCCCC2)sc2c1CCCC2. The molecule has 0 atom stereocenters. The van der Waals surface area contributed by atoms with E-state index in [-0.39, 0.29) is 18.5 Å². The number of primary amides is 1. The third-order valence-corrected chi connectivity index (χ3v) is 6.16. The highest BCUT2D eigenvalue weighted by Crippen LogP contribution is 2.37. The number of hydrogen-bond acceptors (Lipinski definition) is 5. The Hall–Kier alpha value is -1.89. The summed E-state index contributed by atoms with van der Waals surface area (Å²) < 4.78 is 5.16. The van der Waals surface area contributed by atoms with Gasteiger partial charge < -0.3 is 15.8 Å². The Labute approximate surface area is 151 Å². The molecule has 1 heterocycles. The lowest BCUT2D eigenvalue weighted by atomic mass is 9.89. The van der Waals surface area contributed by atoms with Crippen LogP contribution in [0.15, 0.2) is 0 Å². The molecule has 2 aliphatic rings. The van der Waals surface area contributed by atoms with Crippen molar-refractivity contribution in [3.8, 4) is 0 Å². The van der Waals surface area contributed by atoms with Crippen LogP contribution >= 0.6 is 11.3 Å². The zero-order valence-corrected chi connectivity index (χ0v) is 15.1. The maximum Gasteiger partial charge on any atom is 0.309 e. The Morgan fingerprint density at radius 1 is 1.08 bits per heavy atom. The van der Waals surface area contributed by atoms with Crippen LogP contribution in [0.1, 0.15) is 65.7 Å². The lowest BCUT2D eigenvalue weighted by Crippen LogP contribution is -2.26. The molecule has 0 aromatic carbocycles. The van der Waals surface area contributed by atoms with E-state index in [0.717, 1.165) is 68.2 Å². The molecule has 6 nitrogen and oxygen atoms in total. The van der Waals surface area contributed by atoms with Gasteiger partial charge in [-0.05, 0) is 44.1 Å². The van der Waals surface area contributed by atoms with Crippen molar-refractivity contribution >= 4 is 34.1 Å². The summed E-state index contributed by atoms with van der Waals surface area (Å²) in [7, 11) is 0. The van der Waals surface area contributed by atoms with Gasteiger partial charge in [-0.25, -0.2) is 0 Å². The molecule has 1 aromatic rings. The molecule has 0 radical (unpaired) electrons. The number of aryl methyl sites for hydroxylation is 1. The number of esters is 1. The van der Waals surface area contributed by atoms with Crippen LogP contribution in [-0.4, -0.2) is 24.4 Å². The van der Waals surface area contributed by atoms with E-state index in [9.17, 15) is 14.4 Å². The van der Waals surface area contributed by atoms with Crippen molar-refractivity contribution in [2.75, 3.05) is 11.9 Å². The van der Waals surface area contributed by atoms with E-state index in [1.165, 1.54) is 11.3 Å². The number of nitrogens with one attached hydrogen (secondary N) is 1. The second-order valence-electron chi connectivity index (χ2n) is 6.77. The fourth-order valence-electron chi connectivity index (χ4n) is 3.67. The molecule has 0 saturated heterocycles. The van der Waals surface area contributed by atoms with E-state index < -0.39 is 11.8 Å². The number of anilines is 1. The van der Waals surface area contributed by atoms with Crippen LogP contribution < -0.4 is 11.1 Å². The maximum absolute atomic E-state index is 12.2. The van der Waals surface area contributed by atoms with Crippen LogP contribution in [0.4, 0.5) is 5.00 Å². The molecule has 25 heavy (non-hydrogen) atoms. The summed E-state index contributed by atoms with van der Waals surface area (Å²) in [6.45, 7) is -0.323. The number of carbonyl (C=O) groups excluding carboxylic acids is 3. The van der Waals surface area contributed by atoms with Gasteiger partial charge in [0.1, 0.15) is 5.00 Å². The largest absolute Gasteiger partial charge is 0.455 e. The Morgan fingerprint density at radius 3 is 2.52 bits per heavy atom. The standard InChI is InChI=1S/C18H24N2O4S/c19-16(22)15-12-8-4-5-9-13(12)25-17(15)20-14(21)10-24-18(23)11-6-2-1-3-7-11/h11H,1-10H2,(H2,19,22)(H,20,21). The fourth-order valence-corrected chi connectivity index (χ4v) is 4.98. The second-order valence-corrected chi connectivity index (χ2v) is 7.88. The Morgan fingerprint density at radius 2 is 1.80 bits per heavy atom. The summed E-state index contributed by atoms with van der Waals surface area (Å²) in [4.78, 5) is 37.1. The van der Waals surface area contributed by atoms with Crippen molar-refractivity contribution in [1.29, 1.82) is 0 Å². The molecule has 1 fully saturated rings. The first kappa shape index (κ1) is 17.9. The number of amides is 2. The molecule has 7 heteroatoms. The van der Waals surface area contributed by atoms with Gasteiger partial charge in [-0.15, -0.1) is 11.3 Å². The van der Waals surface area contributed by atoms with Crippen LogP contribution in [-0.2, 0) is 27.2 Å². The minimum Gasteiger partial charge on any atom is -0.455 e. The second kappa shape index (κ2) is 7.99. The summed E-state index contributed by atoms with van der Waals surface area (Å²) in [6.07, 6.45) is 8.73. The number of thiophene rings is 1. The lowest BCUT2D eigenvalue weighted by molar-refractivity contribution is -0.152. The molecule has 2 aliphatic carbocycles. The molecule has 0 unspecified atom stereocenters. The number of hydrogen-bond donors (Lipinski definition) is 2. The molecule has 2 amide bonds. The smallest absolute Gasteiger partial charge is 0.309 e. The average molecular weight is 364 g/mol. The lowest BCUT2D eigenvalue weighted by Gasteiger charge is -2.19. The maximum atomic E-state index is 12.2. The highest BCUT2D eigenvalue weighted by molar-refractivity contribution is 7.17. The van der Waals surface area contributed by atoms with Crippen molar-refractivity contribution in [2.45, 2.75) is 57.8 Å². The van der Waals surface area contributed by atoms with Gasteiger partial charge in [0.2, 0.25) is 0 Å². The number of nitrogens with two attached hydrogens (primary N) is 1. The number of carbonyl (C=O) groups is 3. The molecule has 1 aromatic heterocycles. The predicted molar refractivity (Wildman–Crippen MR) is 95.6 cm³/mol. The first-order chi connectivity index (χ1) is 12.1. The Balaban J connectivity index is 1.60. The monoisotopic (exact) mass is 364 g/mol. The molecular weight excluding hydrogens is 340 g/mol. The van der Waals surface area contributed by atoms with Gasteiger partial charge in [-0.1, -0.05) is 19.3 Å². The zero-order valence-electron chi connectivity index (χ0n) is 14.3. The van der Waals surface area contributed by atoms with Gasteiger partial charge in [-0.2, -0.15) is 0 Å². The van der Waals surface area contributed by atoms with Crippen LogP contribution in [0, 0.1) is 5.92 Å². The summed E-state index contributed by atoms with van der Waals surface area (Å²) in [5.74, 6) is -1.33. The van der Waals surface area contributed by atoms with Gasteiger partial charge in [0, 0.05) is 4.88 Å². The first-order valence-electron chi connectivity index (χ1n) is 8.97. The summed E-state index contributed by atoms with van der Waals surface area (Å²) in [5.41, 5.74) is 6.90. The van der Waals surface area contributed by atoms with Crippen molar-refractivity contribution in [1.82, 2.24) is 0 Å². The van der Waals surface area contributed by atoms with Crippen LogP contribution in [0.3, 0.4) is 0 Å². The Kier molecular flexibility index (Phi) is 5.73. The first-order valence-corrected chi connectivity index (χ1v) is 9.78. The van der Waals surface area contributed by atoms with E-state index in [1.54, 1.807) is 0 Å². The van der Waals surface area contributed by atoms with E-state index in [1.807, 2.05) is 0 Å². The van der Waals surface area contributed by atoms with E-state index in [2.05, 4.69) is 5.32 Å². The van der Waals surface area contributed by atoms with Gasteiger partial charge >= 0.3 is 5.97 Å². The van der Waals surface area contributed by atoms with E-state index >= 15 is 0 Å². The molecule has 0 bridgehead atoms. The summed E-state index contributed by atoms with van der Waals surface area (Å²) in [5, 5.41) is 3.19. The van der Waals surface area contributed by atoms with Crippen molar-refractivity contribution in [2.24, 2.45) is 11.7 Å².